The second-order valence-corrected chi connectivity index (χ2v) is 7.16. The van der Waals surface area contributed by atoms with Crippen molar-refractivity contribution >= 4 is 17.7 Å². The minimum Gasteiger partial charge on any atom is -0.465 e. The van der Waals surface area contributed by atoms with Gasteiger partial charge in [-0.3, -0.25) is 4.79 Å². The summed E-state index contributed by atoms with van der Waals surface area (Å²) in [7, 11) is 0. The van der Waals surface area contributed by atoms with Gasteiger partial charge in [0.25, 0.3) is 0 Å². The molecule has 2 N–H and O–H groups in total. The number of thioether (sulfide) groups is 1. The summed E-state index contributed by atoms with van der Waals surface area (Å²) in [5, 5.41) is 0. The summed E-state index contributed by atoms with van der Waals surface area (Å²) >= 11 is 1.99. The second-order valence-electron chi connectivity index (χ2n) is 5.93. The lowest BCUT2D eigenvalue weighted by molar-refractivity contribution is -0.151. The van der Waals surface area contributed by atoms with Crippen molar-refractivity contribution in [1.29, 1.82) is 0 Å². The van der Waals surface area contributed by atoms with E-state index in [1.807, 2.05) is 18.7 Å². The third kappa shape index (κ3) is 4.99. The molecule has 1 fully saturated rings. The maximum absolute atomic E-state index is 12.0. The Morgan fingerprint density at radius 1 is 1.47 bits per heavy atom. The first-order valence-electron chi connectivity index (χ1n) is 7.54. The molecule has 0 aromatic carbocycles. The average molecular weight is 287 g/mol. The van der Waals surface area contributed by atoms with Gasteiger partial charge in [-0.15, -0.1) is 0 Å². The monoisotopic (exact) mass is 287 g/mol. The molecule has 19 heavy (non-hydrogen) atoms. The highest BCUT2D eigenvalue weighted by Crippen LogP contribution is 2.37. The van der Waals surface area contributed by atoms with Crippen molar-refractivity contribution < 1.29 is 9.53 Å². The van der Waals surface area contributed by atoms with E-state index < -0.39 is 5.54 Å². The first kappa shape index (κ1) is 16.8. The third-order valence-electron chi connectivity index (χ3n) is 3.98. The molecule has 0 saturated heterocycles. The number of hydrogen-bond donors (Lipinski definition) is 1. The highest BCUT2D eigenvalue weighted by Gasteiger charge is 2.46. The number of ether oxygens (including phenoxy) is 1. The van der Waals surface area contributed by atoms with Gasteiger partial charge in [-0.25, -0.2) is 0 Å². The second kappa shape index (κ2) is 8.15. The van der Waals surface area contributed by atoms with Crippen molar-refractivity contribution in [2.24, 2.45) is 17.6 Å². The van der Waals surface area contributed by atoms with Crippen LogP contribution in [-0.4, -0.2) is 29.6 Å². The van der Waals surface area contributed by atoms with Gasteiger partial charge in [0.15, 0.2) is 0 Å². The Kier molecular flexibility index (Phi) is 7.22. The van der Waals surface area contributed by atoms with Crippen LogP contribution >= 0.6 is 11.8 Å². The first-order chi connectivity index (χ1) is 9.00. The van der Waals surface area contributed by atoms with Crippen LogP contribution in [0.3, 0.4) is 0 Å². The molecule has 3 nitrogen and oxygen atoms in total. The van der Waals surface area contributed by atoms with Crippen LogP contribution < -0.4 is 5.73 Å². The molecule has 0 radical (unpaired) electrons. The molecule has 1 aliphatic rings. The first-order valence-corrected chi connectivity index (χ1v) is 8.70. The Balaban J connectivity index is 2.33. The number of carbonyl (C=O) groups is 1. The van der Waals surface area contributed by atoms with Crippen LogP contribution in [0.5, 0.6) is 0 Å². The van der Waals surface area contributed by atoms with Crippen LogP contribution in [-0.2, 0) is 9.53 Å². The zero-order valence-electron chi connectivity index (χ0n) is 12.6. The van der Waals surface area contributed by atoms with Gasteiger partial charge < -0.3 is 10.5 Å². The molecule has 0 bridgehead atoms. The maximum Gasteiger partial charge on any atom is 0.326 e. The summed E-state index contributed by atoms with van der Waals surface area (Å²) in [6.07, 6.45) is 5.21. The van der Waals surface area contributed by atoms with Gasteiger partial charge in [0.2, 0.25) is 0 Å². The Labute approximate surface area is 122 Å². The van der Waals surface area contributed by atoms with Crippen molar-refractivity contribution in [3.05, 3.63) is 0 Å². The van der Waals surface area contributed by atoms with E-state index in [0.717, 1.165) is 37.4 Å². The van der Waals surface area contributed by atoms with Crippen molar-refractivity contribution in [3.63, 3.8) is 0 Å². The van der Waals surface area contributed by atoms with E-state index in [9.17, 15) is 4.79 Å². The van der Waals surface area contributed by atoms with E-state index in [-0.39, 0.29) is 5.97 Å². The number of hydrogen-bond acceptors (Lipinski definition) is 4. The van der Waals surface area contributed by atoms with Crippen LogP contribution in [0.4, 0.5) is 0 Å². The van der Waals surface area contributed by atoms with Gasteiger partial charge in [-0.2, -0.15) is 11.8 Å². The molecule has 4 heteroatoms. The average Bonchev–Trinajstić information content (AvgIpc) is 2.72. The molecule has 1 rings (SSSR count). The summed E-state index contributed by atoms with van der Waals surface area (Å²) in [6.45, 7) is 6.77. The Morgan fingerprint density at radius 2 is 2.21 bits per heavy atom. The van der Waals surface area contributed by atoms with E-state index in [0.29, 0.717) is 12.5 Å². The molecular formula is C15H29NO2S. The predicted molar refractivity (Wildman–Crippen MR) is 82.3 cm³/mol. The summed E-state index contributed by atoms with van der Waals surface area (Å²) < 4.78 is 5.15. The molecule has 0 spiro atoms. The van der Waals surface area contributed by atoms with Gasteiger partial charge in [-0.05, 0) is 55.9 Å². The van der Waals surface area contributed by atoms with Crippen LogP contribution in [0, 0.1) is 11.8 Å². The standard InChI is InChI=1S/C15H29NO2S/c1-4-18-14(17)15(16)9-5-6-13(15)8-11-19-10-7-12(2)3/h12-13H,4-11,16H2,1-3H3. The molecule has 2 atom stereocenters. The van der Waals surface area contributed by atoms with E-state index in [4.69, 9.17) is 10.5 Å². The van der Waals surface area contributed by atoms with Crippen molar-refractivity contribution in [1.82, 2.24) is 0 Å². The van der Waals surface area contributed by atoms with E-state index >= 15 is 0 Å². The fraction of sp³-hybridized carbons (Fsp3) is 0.933. The van der Waals surface area contributed by atoms with Crippen molar-refractivity contribution in [2.45, 2.75) is 58.4 Å². The predicted octanol–water partition coefficient (Wildman–Crippen LogP) is 3.22. The van der Waals surface area contributed by atoms with Gasteiger partial charge in [0, 0.05) is 0 Å². The fourth-order valence-corrected chi connectivity index (χ4v) is 3.98. The molecule has 2 unspecified atom stereocenters. The maximum atomic E-state index is 12.0. The van der Waals surface area contributed by atoms with Crippen molar-refractivity contribution in [3.8, 4) is 0 Å². The number of nitrogens with two attached hydrogens (primary N) is 1. The molecule has 0 heterocycles. The van der Waals surface area contributed by atoms with Crippen LogP contribution in [0.15, 0.2) is 0 Å². The largest absolute Gasteiger partial charge is 0.465 e. The van der Waals surface area contributed by atoms with E-state index in [1.165, 1.54) is 12.2 Å². The lowest BCUT2D eigenvalue weighted by Gasteiger charge is -2.28. The van der Waals surface area contributed by atoms with E-state index in [2.05, 4.69) is 13.8 Å². The van der Waals surface area contributed by atoms with Crippen LogP contribution in [0.1, 0.15) is 52.9 Å². The molecule has 0 aliphatic heterocycles. The summed E-state index contributed by atoms with van der Waals surface area (Å²) in [5.74, 6) is 3.20. The van der Waals surface area contributed by atoms with Gasteiger partial charge in [-0.1, -0.05) is 20.3 Å². The minimum absolute atomic E-state index is 0.190. The highest BCUT2D eigenvalue weighted by molar-refractivity contribution is 7.99. The topological polar surface area (TPSA) is 52.3 Å². The van der Waals surface area contributed by atoms with E-state index in [1.54, 1.807) is 0 Å². The zero-order valence-corrected chi connectivity index (χ0v) is 13.4. The lowest BCUT2D eigenvalue weighted by atomic mass is 9.86. The number of rotatable bonds is 8. The minimum atomic E-state index is -0.714. The molecule has 1 saturated carbocycles. The molecular weight excluding hydrogens is 258 g/mol. The smallest absolute Gasteiger partial charge is 0.326 e. The third-order valence-corrected chi connectivity index (χ3v) is 5.03. The molecule has 1 aliphatic carbocycles. The summed E-state index contributed by atoms with van der Waals surface area (Å²) in [4.78, 5) is 12.0. The Hall–Kier alpha value is -0.220. The van der Waals surface area contributed by atoms with Gasteiger partial charge in [0.05, 0.1) is 6.61 Å². The SMILES string of the molecule is CCOC(=O)C1(N)CCCC1CCSCCC(C)C. The normalized spacial score (nSPS) is 26.9. The number of carbonyl (C=O) groups excluding carboxylic acids is 1. The van der Waals surface area contributed by atoms with Gasteiger partial charge in [0.1, 0.15) is 5.54 Å². The lowest BCUT2D eigenvalue weighted by Crippen LogP contribution is -2.52. The van der Waals surface area contributed by atoms with Gasteiger partial charge >= 0.3 is 5.97 Å². The Bertz CT molecular complexity index is 283. The molecule has 0 aromatic heterocycles. The van der Waals surface area contributed by atoms with Crippen molar-refractivity contribution in [2.75, 3.05) is 18.1 Å². The summed E-state index contributed by atoms with van der Waals surface area (Å²) in [5.41, 5.74) is 5.60. The van der Waals surface area contributed by atoms with Crippen LogP contribution in [0.2, 0.25) is 0 Å². The number of esters is 1. The quantitative estimate of drug-likeness (QED) is 0.550. The molecule has 0 aromatic rings. The Morgan fingerprint density at radius 3 is 2.84 bits per heavy atom. The van der Waals surface area contributed by atoms with Crippen LogP contribution in [0.25, 0.3) is 0 Å². The molecule has 0 amide bonds. The zero-order chi connectivity index (χ0) is 14.3. The molecule has 112 valence electrons. The fourth-order valence-electron chi connectivity index (χ4n) is 2.69. The summed E-state index contributed by atoms with van der Waals surface area (Å²) in [6, 6.07) is 0. The highest BCUT2D eigenvalue weighted by atomic mass is 32.2.